The van der Waals surface area contributed by atoms with Gasteiger partial charge in [-0.3, -0.25) is 9.59 Å². The van der Waals surface area contributed by atoms with Gasteiger partial charge in [-0.1, -0.05) is 18.2 Å². The maximum absolute atomic E-state index is 12.9. The second kappa shape index (κ2) is 9.24. The number of aromatic nitrogens is 1. The predicted octanol–water partition coefficient (Wildman–Crippen LogP) is 5.20. The molecule has 3 aromatic rings. The minimum atomic E-state index is -0.159. The van der Waals surface area contributed by atoms with Gasteiger partial charge >= 0.3 is 0 Å². The third-order valence-corrected chi connectivity index (χ3v) is 6.47. The van der Waals surface area contributed by atoms with E-state index < -0.39 is 0 Å². The number of hydrogen-bond donors (Lipinski definition) is 1. The number of anilines is 2. The molecular formula is C22H21N3O2S2. The first kappa shape index (κ1) is 19.7. The number of rotatable bonds is 6. The Bertz CT molecular complexity index is 1000. The van der Waals surface area contributed by atoms with E-state index in [2.05, 4.69) is 10.3 Å². The molecular weight excluding hydrogens is 402 g/mol. The number of amides is 2. The van der Waals surface area contributed by atoms with Gasteiger partial charge in [-0.05, 0) is 43.2 Å². The maximum Gasteiger partial charge on any atom is 0.256 e. The van der Waals surface area contributed by atoms with Crippen molar-refractivity contribution in [3.8, 4) is 0 Å². The first-order valence-corrected chi connectivity index (χ1v) is 11.4. The van der Waals surface area contributed by atoms with Crippen molar-refractivity contribution in [3.63, 3.8) is 0 Å². The first-order valence-electron chi connectivity index (χ1n) is 9.51. The summed E-state index contributed by atoms with van der Waals surface area (Å²) in [5.74, 6) is 0.706. The lowest BCUT2D eigenvalue weighted by Crippen LogP contribution is -2.35. The Morgan fingerprint density at radius 1 is 1.17 bits per heavy atom. The van der Waals surface area contributed by atoms with Gasteiger partial charge in [0.15, 0.2) is 0 Å². The zero-order chi connectivity index (χ0) is 20.1. The number of nitrogens with one attached hydrogen (secondary N) is 1. The smallest absolute Gasteiger partial charge is 0.256 e. The molecule has 29 heavy (non-hydrogen) atoms. The lowest BCUT2D eigenvalue weighted by molar-refractivity contribution is -0.119. The monoisotopic (exact) mass is 423 g/mol. The van der Waals surface area contributed by atoms with Gasteiger partial charge in [-0.2, -0.15) is 0 Å². The largest absolute Gasteiger partial charge is 0.322 e. The van der Waals surface area contributed by atoms with E-state index in [0.717, 1.165) is 41.4 Å². The average Bonchev–Trinajstić information content (AvgIpc) is 3.27. The van der Waals surface area contributed by atoms with Crippen LogP contribution in [0, 0.1) is 0 Å². The molecule has 148 valence electrons. The number of piperidine rings is 1. The molecule has 7 heteroatoms. The number of hydrogen-bond acceptors (Lipinski definition) is 5. The second-order valence-electron chi connectivity index (χ2n) is 6.77. The summed E-state index contributed by atoms with van der Waals surface area (Å²) in [7, 11) is 0. The fourth-order valence-corrected chi connectivity index (χ4v) is 4.89. The van der Waals surface area contributed by atoms with E-state index in [-0.39, 0.29) is 11.8 Å². The van der Waals surface area contributed by atoms with Crippen molar-refractivity contribution in [1.82, 2.24) is 4.98 Å². The average molecular weight is 424 g/mol. The summed E-state index contributed by atoms with van der Waals surface area (Å²) < 4.78 is 0. The van der Waals surface area contributed by atoms with E-state index in [1.165, 1.54) is 0 Å². The molecule has 0 bridgehead atoms. The molecule has 1 aromatic heterocycles. The van der Waals surface area contributed by atoms with E-state index in [0.29, 0.717) is 17.7 Å². The van der Waals surface area contributed by atoms with E-state index in [1.54, 1.807) is 28.0 Å². The fraction of sp³-hybridized carbons (Fsp3) is 0.227. The van der Waals surface area contributed by atoms with Gasteiger partial charge in [0.1, 0.15) is 0 Å². The summed E-state index contributed by atoms with van der Waals surface area (Å²) in [5.41, 5.74) is 4.97. The van der Waals surface area contributed by atoms with Gasteiger partial charge < -0.3 is 10.2 Å². The Kier molecular flexibility index (Phi) is 6.27. The van der Waals surface area contributed by atoms with Crippen LogP contribution in [-0.4, -0.2) is 23.3 Å². The van der Waals surface area contributed by atoms with Gasteiger partial charge in [0.25, 0.3) is 5.91 Å². The Hall–Kier alpha value is -2.64. The van der Waals surface area contributed by atoms with E-state index in [1.807, 2.05) is 59.4 Å². The molecule has 0 atom stereocenters. The molecule has 0 saturated carbocycles. The zero-order valence-corrected chi connectivity index (χ0v) is 17.5. The number of thiazole rings is 1. The highest BCUT2D eigenvalue weighted by Crippen LogP contribution is 2.28. The lowest BCUT2D eigenvalue weighted by atomic mass is 10.1. The summed E-state index contributed by atoms with van der Waals surface area (Å²) in [5, 5.41) is 5.00. The van der Waals surface area contributed by atoms with Crippen LogP contribution in [0.25, 0.3) is 0 Å². The molecule has 4 rings (SSSR count). The lowest BCUT2D eigenvalue weighted by Gasteiger charge is -2.27. The quantitative estimate of drug-likeness (QED) is 0.553. The Labute approximate surface area is 178 Å². The SMILES string of the molecule is O=C(Nc1cccc(N2CCCCC2=O)c1)c1ccccc1SCc1cscn1. The molecule has 0 unspecified atom stereocenters. The van der Waals surface area contributed by atoms with Gasteiger partial charge in [0, 0.05) is 40.4 Å². The molecule has 5 nitrogen and oxygen atoms in total. The van der Waals surface area contributed by atoms with Crippen LogP contribution in [0.2, 0.25) is 0 Å². The van der Waals surface area contributed by atoms with Crippen LogP contribution < -0.4 is 10.2 Å². The van der Waals surface area contributed by atoms with Gasteiger partial charge in [0.2, 0.25) is 5.91 Å². The molecule has 1 N–H and O–H groups in total. The van der Waals surface area contributed by atoms with Crippen molar-refractivity contribution in [2.24, 2.45) is 0 Å². The Morgan fingerprint density at radius 2 is 2.07 bits per heavy atom. The second-order valence-corrected chi connectivity index (χ2v) is 8.51. The van der Waals surface area contributed by atoms with Crippen LogP contribution in [0.1, 0.15) is 35.3 Å². The van der Waals surface area contributed by atoms with Crippen molar-refractivity contribution in [2.75, 3.05) is 16.8 Å². The minimum absolute atomic E-state index is 0.142. The zero-order valence-electron chi connectivity index (χ0n) is 15.8. The van der Waals surface area contributed by atoms with Gasteiger partial charge in [-0.25, -0.2) is 4.98 Å². The standard InChI is InChI=1S/C22H21N3O2S2/c26-21-10-3-4-11-25(21)18-7-5-6-16(12-18)24-22(27)19-8-1-2-9-20(19)29-14-17-13-28-15-23-17/h1-2,5-9,12-13,15H,3-4,10-11,14H2,(H,24,27). The van der Waals surface area contributed by atoms with Crippen molar-refractivity contribution in [2.45, 2.75) is 29.9 Å². The van der Waals surface area contributed by atoms with Crippen LogP contribution in [0.3, 0.4) is 0 Å². The molecule has 1 aliphatic rings. The third kappa shape index (κ3) is 4.86. The van der Waals surface area contributed by atoms with Crippen LogP contribution in [0.15, 0.2) is 64.3 Å². The summed E-state index contributed by atoms with van der Waals surface area (Å²) in [4.78, 5) is 32.1. The molecule has 2 heterocycles. The first-order chi connectivity index (χ1) is 14.2. The number of carbonyl (C=O) groups is 2. The van der Waals surface area contributed by atoms with Crippen molar-refractivity contribution in [1.29, 1.82) is 0 Å². The third-order valence-electron chi connectivity index (χ3n) is 4.73. The molecule has 0 radical (unpaired) electrons. The van der Waals surface area contributed by atoms with Crippen molar-refractivity contribution >= 4 is 46.3 Å². The fourth-order valence-electron chi connectivity index (χ4n) is 3.27. The number of carbonyl (C=O) groups excluding carboxylic acids is 2. The van der Waals surface area contributed by atoms with Crippen molar-refractivity contribution in [3.05, 3.63) is 70.7 Å². The molecule has 1 saturated heterocycles. The summed E-state index contributed by atoms with van der Waals surface area (Å²) >= 11 is 3.17. The molecule has 2 amide bonds. The van der Waals surface area contributed by atoms with Gasteiger partial charge in [0.05, 0.1) is 16.8 Å². The summed E-state index contributed by atoms with van der Waals surface area (Å²) in [6.07, 6.45) is 2.53. The molecule has 2 aromatic carbocycles. The Morgan fingerprint density at radius 3 is 2.90 bits per heavy atom. The van der Waals surface area contributed by atoms with Crippen LogP contribution in [0.5, 0.6) is 0 Å². The summed E-state index contributed by atoms with van der Waals surface area (Å²) in [6, 6.07) is 15.1. The predicted molar refractivity (Wildman–Crippen MR) is 119 cm³/mol. The minimum Gasteiger partial charge on any atom is -0.322 e. The van der Waals surface area contributed by atoms with Gasteiger partial charge in [-0.15, -0.1) is 23.1 Å². The topological polar surface area (TPSA) is 62.3 Å². The van der Waals surface area contributed by atoms with Crippen LogP contribution in [0.4, 0.5) is 11.4 Å². The normalized spacial score (nSPS) is 14.1. The van der Waals surface area contributed by atoms with Crippen LogP contribution in [-0.2, 0) is 10.5 Å². The summed E-state index contributed by atoms with van der Waals surface area (Å²) in [6.45, 7) is 0.728. The number of thioether (sulfide) groups is 1. The molecule has 0 aliphatic carbocycles. The highest BCUT2D eigenvalue weighted by atomic mass is 32.2. The number of nitrogens with zero attached hydrogens (tertiary/aromatic N) is 2. The maximum atomic E-state index is 12.9. The van der Waals surface area contributed by atoms with E-state index in [9.17, 15) is 9.59 Å². The molecule has 1 fully saturated rings. The molecule has 1 aliphatic heterocycles. The van der Waals surface area contributed by atoms with E-state index >= 15 is 0 Å². The highest BCUT2D eigenvalue weighted by molar-refractivity contribution is 7.98. The highest BCUT2D eigenvalue weighted by Gasteiger charge is 2.20. The Balaban J connectivity index is 1.48. The molecule has 0 spiro atoms. The van der Waals surface area contributed by atoms with E-state index in [4.69, 9.17) is 0 Å². The van der Waals surface area contributed by atoms with Crippen LogP contribution >= 0.6 is 23.1 Å². The number of benzene rings is 2. The van der Waals surface area contributed by atoms with Crippen molar-refractivity contribution < 1.29 is 9.59 Å².